The lowest BCUT2D eigenvalue weighted by atomic mass is 9.80. The van der Waals surface area contributed by atoms with Gasteiger partial charge in [0.25, 0.3) is 0 Å². The highest BCUT2D eigenvalue weighted by Crippen LogP contribution is 2.38. The van der Waals surface area contributed by atoms with Crippen LogP contribution in [-0.4, -0.2) is 169 Å². The summed E-state index contributed by atoms with van der Waals surface area (Å²) in [4.78, 5) is 151. The van der Waals surface area contributed by atoms with Gasteiger partial charge in [-0.05, 0) is 63.1 Å². The van der Waals surface area contributed by atoms with Crippen molar-refractivity contribution >= 4 is 108 Å². The van der Waals surface area contributed by atoms with Gasteiger partial charge in [0.2, 0.25) is 28.3 Å². The van der Waals surface area contributed by atoms with E-state index in [1.807, 2.05) is 91.0 Å². The third-order valence-corrected chi connectivity index (χ3v) is 19.3. The Balaban J connectivity index is 0.000000267. The van der Waals surface area contributed by atoms with E-state index in [-0.39, 0.29) is 116 Å². The number of ether oxygens (including phenoxy) is 3. The smallest absolute Gasteiger partial charge is 0.413 e. The van der Waals surface area contributed by atoms with Crippen LogP contribution < -0.4 is 53.2 Å². The predicted octanol–water partition coefficient (Wildman–Crippen LogP) is 5.44. The number of ketones is 2. The zero-order valence-electron chi connectivity index (χ0n) is 59.2. The number of urea groups is 2. The number of anilines is 2. The number of benzene rings is 3. The lowest BCUT2D eigenvalue weighted by Gasteiger charge is -2.44. The van der Waals surface area contributed by atoms with Crippen molar-refractivity contribution in [1.82, 2.24) is 50.6 Å². The second-order valence-electron chi connectivity index (χ2n) is 26.1. The van der Waals surface area contributed by atoms with Crippen molar-refractivity contribution < 1.29 is 101 Å². The number of nitrogens with two attached hydrogens (primary N) is 1. The van der Waals surface area contributed by atoms with Gasteiger partial charge in [0.1, 0.15) is 35.9 Å². The number of aliphatic hydroxyl groups is 2. The molecule has 112 heavy (non-hydrogen) atoms. The van der Waals surface area contributed by atoms with Crippen LogP contribution >= 0.6 is 22.7 Å². The van der Waals surface area contributed by atoms with Crippen molar-refractivity contribution in [3.63, 3.8) is 0 Å². The number of nitrogens with zero attached hydrogens (tertiary/aromatic N) is 5. The Kier molecular flexibility index (Phi) is 31.8. The van der Waals surface area contributed by atoms with Crippen LogP contribution in [0.1, 0.15) is 126 Å². The third kappa shape index (κ3) is 25.0. The number of esters is 1. The zero-order valence-corrected chi connectivity index (χ0v) is 61.7. The predicted molar refractivity (Wildman–Crippen MR) is 406 cm³/mol. The summed E-state index contributed by atoms with van der Waals surface area (Å²) in [6.45, 7) is 4.86. The Morgan fingerprint density at radius 3 is 1.87 bits per heavy atom. The molecule has 3 aromatic carbocycles. The van der Waals surface area contributed by atoms with E-state index in [1.54, 1.807) is 20.8 Å². The van der Waals surface area contributed by atoms with Crippen LogP contribution in [0.15, 0.2) is 141 Å². The minimum Gasteiger partial charge on any atom is -0.503 e. The molecule has 16 N–H and O–H groups in total. The number of aliphatic carboxylic acids is 1. The van der Waals surface area contributed by atoms with E-state index >= 15 is 0 Å². The number of rotatable bonds is 28. The molecule has 4 aromatic heterocycles. The Morgan fingerprint density at radius 1 is 0.759 bits per heavy atom. The molecule has 2 saturated carbocycles. The maximum Gasteiger partial charge on any atom is 0.413 e. The maximum atomic E-state index is 13.3. The number of carbonyl (C=O) groups excluding carboxylic acids is 8. The van der Waals surface area contributed by atoms with Gasteiger partial charge in [-0.15, -0.1) is 22.7 Å². The highest BCUT2D eigenvalue weighted by Gasteiger charge is 2.54. The van der Waals surface area contributed by atoms with E-state index in [2.05, 4.69) is 52.0 Å². The van der Waals surface area contributed by atoms with Crippen molar-refractivity contribution in [2.24, 2.45) is 17.0 Å². The number of oxime groups is 1. The number of aromatic nitrogens is 4. The number of H-pyrrole nitrogens is 1. The summed E-state index contributed by atoms with van der Waals surface area (Å²) in [6, 6.07) is 27.2. The summed E-state index contributed by atoms with van der Waals surface area (Å²) in [5, 5.41) is 76.6. The molecular weight excluding hydrogens is 1530 g/mol. The molecule has 2 aliphatic heterocycles. The number of amides is 7. The first-order valence-electron chi connectivity index (χ1n) is 33.7. The number of Topliss-reactive ketones (excluding diaryl/α,β-unsaturated/α-hetero) is 2. The number of carboxylic acids is 1. The molecule has 4 atom stereocenters. The van der Waals surface area contributed by atoms with Crippen LogP contribution in [0.25, 0.3) is 0 Å². The molecule has 0 spiro atoms. The van der Waals surface area contributed by atoms with Gasteiger partial charge < -0.3 is 82.0 Å². The number of aromatic amines is 1. The molecule has 2 saturated heterocycles. The molecule has 0 unspecified atom stereocenters. The number of carbonyl (C=O) groups is 9. The quantitative estimate of drug-likeness (QED) is 0.00724. The fourth-order valence-corrected chi connectivity index (χ4v) is 12.7. The second-order valence-corrected chi connectivity index (χ2v) is 29.1. The van der Waals surface area contributed by atoms with Gasteiger partial charge in [0, 0.05) is 73.6 Å². The maximum absolute atomic E-state index is 13.3. The SMILES string of the molecule is C.C.CC(C)(C)OC(=O)Nc1nc(C(=N)C(=O)C[C@@H]2C(=O)N[C@@H]2CNC(=O)NCc2cc(=O)c(OCc3ccccc3)c[nH]2)cs1.Nc1nc(/C(=N/OC2(C(=O)O)CCC2)C(=O)C[C@@H]2C(=O)N(S(=O)(=O)O)[C@@H]2CNC(=O)NCc2cc(=O)c(O)cn2O)cs1.O=C(OCc1ccccc1)C1(O)CCC1.OCc1ccccc1. The van der Waals surface area contributed by atoms with Crippen molar-refractivity contribution in [2.45, 2.75) is 149 Å². The van der Waals surface area contributed by atoms with Gasteiger partial charge in [-0.1, -0.05) is 111 Å². The molecular formula is C72H88N14O23S3. The summed E-state index contributed by atoms with van der Waals surface area (Å²) < 4.78 is 49.5. The molecule has 2 aliphatic carbocycles. The number of pyridine rings is 2. The molecule has 4 aliphatic rings. The number of hydrogen-bond donors (Lipinski definition) is 15. The largest absolute Gasteiger partial charge is 0.503 e. The number of nitrogen functional groups attached to an aromatic ring is 1. The Hall–Kier alpha value is -12.0. The van der Waals surface area contributed by atoms with Crippen LogP contribution in [0.5, 0.6) is 11.5 Å². The summed E-state index contributed by atoms with van der Waals surface area (Å²) in [7, 11) is -5.10. The average molecular weight is 1610 g/mol. The minimum atomic E-state index is -5.10. The molecule has 7 aromatic rings. The van der Waals surface area contributed by atoms with Crippen LogP contribution in [0, 0.1) is 17.2 Å². The number of hydrogen-bond acceptors (Lipinski definition) is 28. The van der Waals surface area contributed by atoms with Crippen molar-refractivity contribution in [3.05, 3.63) is 186 Å². The summed E-state index contributed by atoms with van der Waals surface area (Å²) in [6.07, 6.45) is 3.27. The first-order valence-corrected chi connectivity index (χ1v) is 36.9. The molecule has 602 valence electrons. The highest BCUT2D eigenvalue weighted by atomic mass is 32.2. The molecule has 0 bridgehead atoms. The zero-order chi connectivity index (χ0) is 80.1. The first kappa shape index (κ1) is 88.9. The van der Waals surface area contributed by atoms with Crippen LogP contribution in [0.2, 0.25) is 0 Å². The normalized spacial score (nSPS) is 16.8. The first-order chi connectivity index (χ1) is 52.1. The van der Waals surface area contributed by atoms with E-state index < -0.39 is 141 Å². The summed E-state index contributed by atoms with van der Waals surface area (Å²) >= 11 is 1.97. The second kappa shape index (κ2) is 40.1. The van der Waals surface area contributed by atoms with E-state index in [9.17, 15) is 86.2 Å². The Bertz CT molecular complexity index is 4760. The van der Waals surface area contributed by atoms with Gasteiger partial charge in [-0.2, -0.15) is 13.1 Å². The average Bonchev–Trinajstić information content (AvgIpc) is 0.912. The summed E-state index contributed by atoms with van der Waals surface area (Å²) in [5.74, 6) is -7.49. The summed E-state index contributed by atoms with van der Waals surface area (Å²) in [5.41, 5.74) is 3.23. The molecule has 11 rings (SSSR count). The molecule has 37 nitrogen and oxygen atoms in total. The fourth-order valence-electron chi connectivity index (χ4n) is 10.6. The van der Waals surface area contributed by atoms with Gasteiger partial charge >= 0.3 is 40.4 Å². The number of thiazole rings is 2. The van der Waals surface area contributed by atoms with Crippen molar-refractivity contribution in [2.75, 3.05) is 24.1 Å². The van der Waals surface area contributed by atoms with Crippen LogP contribution in [0.4, 0.5) is 24.6 Å². The number of nitrogens with one attached hydrogen (secondary N) is 8. The van der Waals surface area contributed by atoms with E-state index in [1.165, 1.54) is 23.0 Å². The molecule has 6 heterocycles. The third-order valence-electron chi connectivity index (χ3n) is 16.9. The van der Waals surface area contributed by atoms with Crippen LogP contribution in [-0.2, 0) is 86.3 Å². The van der Waals surface area contributed by atoms with E-state index in [0.717, 1.165) is 51.9 Å². The van der Waals surface area contributed by atoms with Gasteiger partial charge in [-0.3, -0.25) is 44.0 Å². The van der Waals surface area contributed by atoms with Gasteiger partial charge in [0.15, 0.2) is 44.6 Å². The number of β-lactam (4-membered cyclic amide) rings is 2. The number of aromatic hydroxyl groups is 1. The van der Waals surface area contributed by atoms with Crippen molar-refractivity contribution in [3.8, 4) is 11.5 Å². The molecule has 4 fully saturated rings. The van der Waals surface area contributed by atoms with Gasteiger partial charge in [-0.25, -0.2) is 38.2 Å². The Labute approximate surface area is 649 Å². The minimum absolute atomic E-state index is 0. The lowest BCUT2D eigenvalue weighted by molar-refractivity contribution is -0.179. The highest BCUT2D eigenvalue weighted by molar-refractivity contribution is 7.84. The molecule has 7 amide bonds. The van der Waals surface area contributed by atoms with E-state index in [4.69, 9.17) is 35.3 Å². The lowest BCUT2D eigenvalue weighted by Crippen LogP contribution is -2.66. The standard InChI is InChI=1S/C29H33N7O7S.C22H25N7O12S2.C12H14O3.C7H8O.2CH4/c1-29(2,3)43-28(41)36-27-35-20(15-44-27)24(30)22(38)10-18-19(34-25(18)39)12-33-26(40)32-11-17-9-21(37)23(13-31-17)42-14-16-7-5-4-6-8-16;23-20-26-12(9-42-20)17(27-41-22(19(34)35)2-1-3-22)15(31)5-11-13(29(18(11)33)43(38,39)40)7-25-21(36)24-6-10-4-14(30)16(32)8-28(10)37;13-11(12(14)7-4-8-12)15-9-10-5-2-1-3-6-10;8-6-7-4-2-1-3-5-7;;/h4-9,13,15,18-19,30H,10-12,14H2,1-3H3,(H,31,37)(H,34,39)(H2,32,33,40)(H,35,36,41);4,8-9,11,13,32,37H,1-3,5-7H2,(H2,23,26)(H,34,35)(H2,24,25,36)(H,38,39,40);1-3,5-6,14H,4,7-9H2;1-5,8H,6H2;2*1H4/b;27-17-;;;;/t18-,19+;11-,13+;;;;/m00..../s1. The molecule has 40 heteroatoms. The number of aliphatic hydroxyl groups excluding tert-OH is 1. The van der Waals surface area contributed by atoms with Gasteiger partial charge in [0.05, 0.1) is 55.5 Å². The van der Waals surface area contributed by atoms with E-state index in [0.29, 0.717) is 35.9 Å². The number of carboxylic acid groups (broad SMARTS) is 1. The monoisotopic (exact) mass is 1610 g/mol. The van der Waals surface area contributed by atoms with Crippen molar-refractivity contribution in [1.29, 1.82) is 5.41 Å². The molecule has 0 radical (unpaired) electrons. The Morgan fingerprint density at radius 2 is 1.34 bits per heavy atom. The van der Waals surface area contributed by atoms with Crippen LogP contribution in [0.3, 0.4) is 0 Å². The topological polar surface area (TPSA) is 564 Å². The fraction of sp³-hybridized carbons (Fsp3) is 0.375.